The van der Waals surface area contributed by atoms with Gasteiger partial charge in [0.15, 0.2) is 5.78 Å². The zero-order valence-corrected chi connectivity index (χ0v) is 20.7. The molecule has 1 aliphatic rings. The molecule has 0 aliphatic carbocycles. The van der Waals surface area contributed by atoms with Gasteiger partial charge in [-0.05, 0) is 59.8 Å². The molecule has 0 saturated carbocycles. The Hall–Kier alpha value is -1.43. The fourth-order valence-electron chi connectivity index (χ4n) is 4.74. The van der Waals surface area contributed by atoms with Crippen LogP contribution in [0.1, 0.15) is 112 Å². The summed E-state index contributed by atoms with van der Waals surface area (Å²) in [5.41, 5.74) is -2.52. The van der Waals surface area contributed by atoms with Crippen LogP contribution in [-0.4, -0.2) is 52.5 Å². The second kappa shape index (κ2) is 12.0. The predicted octanol–water partition coefficient (Wildman–Crippen LogP) is 4.81. The molecule has 1 fully saturated rings. The predicted molar refractivity (Wildman–Crippen MR) is 123 cm³/mol. The molecule has 0 aromatic heterocycles. The van der Waals surface area contributed by atoms with E-state index in [9.17, 15) is 19.5 Å². The Morgan fingerprint density at radius 2 is 1.61 bits per heavy atom. The number of rotatable bonds is 15. The highest BCUT2D eigenvalue weighted by Crippen LogP contribution is 2.42. The summed E-state index contributed by atoms with van der Waals surface area (Å²) in [6.07, 6.45) is 9.78. The number of nitrogens with zero attached hydrogens (tertiary/aromatic N) is 1. The first-order valence-corrected chi connectivity index (χ1v) is 12.1. The van der Waals surface area contributed by atoms with Gasteiger partial charge in [-0.2, -0.15) is 0 Å². The van der Waals surface area contributed by atoms with Crippen LogP contribution in [0.4, 0.5) is 0 Å². The molecule has 1 aliphatic heterocycles. The van der Waals surface area contributed by atoms with Crippen molar-refractivity contribution in [2.24, 2.45) is 5.41 Å². The highest BCUT2D eigenvalue weighted by atomic mass is 16.5. The minimum Gasteiger partial charge on any atom is -0.469 e. The Balaban J connectivity index is 2.65. The standard InChI is InChI=1S/C25H45NO5/c1-7-8-12-16-24(4,30)17-14-19-26-22(29)23(2,3)21(28)25(26,5)18-13-10-9-11-15-20(27)31-6/h30H,7-19H2,1-6H3. The zero-order valence-electron chi connectivity index (χ0n) is 20.7. The van der Waals surface area contributed by atoms with Gasteiger partial charge in [0.2, 0.25) is 5.91 Å². The topological polar surface area (TPSA) is 83.9 Å². The maximum absolute atomic E-state index is 13.2. The molecule has 1 heterocycles. The van der Waals surface area contributed by atoms with E-state index in [1.54, 1.807) is 18.7 Å². The summed E-state index contributed by atoms with van der Waals surface area (Å²) < 4.78 is 4.66. The number of methoxy groups -OCH3 is 1. The van der Waals surface area contributed by atoms with Crippen molar-refractivity contribution in [1.29, 1.82) is 0 Å². The molecule has 0 aromatic carbocycles. The Morgan fingerprint density at radius 1 is 1.00 bits per heavy atom. The molecule has 6 nitrogen and oxygen atoms in total. The van der Waals surface area contributed by atoms with E-state index in [0.29, 0.717) is 32.2 Å². The Kier molecular flexibility index (Phi) is 10.7. The first-order chi connectivity index (χ1) is 14.4. The Labute approximate surface area is 189 Å². The molecular weight excluding hydrogens is 394 g/mol. The van der Waals surface area contributed by atoms with Crippen LogP contribution in [0.3, 0.4) is 0 Å². The van der Waals surface area contributed by atoms with E-state index in [-0.39, 0.29) is 17.7 Å². The van der Waals surface area contributed by atoms with Gasteiger partial charge in [0.1, 0.15) is 5.41 Å². The van der Waals surface area contributed by atoms with Crippen molar-refractivity contribution in [3.05, 3.63) is 0 Å². The number of hydrogen-bond acceptors (Lipinski definition) is 5. The highest BCUT2D eigenvalue weighted by molar-refractivity contribution is 6.15. The average molecular weight is 440 g/mol. The zero-order chi connectivity index (χ0) is 23.7. The minimum atomic E-state index is -0.997. The summed E-state index contributed by atoms with van der Waals surface area (Å²) in [5.74, 6) is -0.299. The van der Waals surface area contributed by atoms with Gasteiger partial charge in [-0.1, -0.05) is 45.4 Å². The molecule has 31 heavy (non-hydrogen) atoms. The van der Waals surface area contributed by atoms with E-state index in [1.807, 2.05) is 13.8 Å². The van der Waals surface area contributed by atoms with Crippen molar-refractivity contribution >= 4 is 17.7 Å². The summed E-state index contributed by atoms with van der Waals surface area (Å²) >= 11 is 0. The van der Waals surface area contributed by atoms with E-state index in [1.165, 1.54) is 7.11 Å². The lowest BCUT2D eigenvalue weighted by atomic mass is 9.80. The number of Topliss-reactive ketones (excluding diaryl/α,β-unsaturated/α-hetero) is 1. The number of esters is 1. The number of hydrogen-bond donors (Lipinski definition) is 1. The van der Waals surface area contributed by atoms with Crippen molar-refractivity contribution in [2.45, 2.75) is 123 Å². The Morgan fingerprint density at radius 3 is 2.23 bits per heavy atom. The second-order valence-electron chi connectivity index (χ2n) is 10.2. The van der Waals surface area contributed by atoms with Crippen LogP contribution in [0.25, 0.3) is 0 Å². The first-order valence-electron chi connectivity index (χ1n) is 12.1. The molecule has 0 bridgehead atoms. The van der Waals surface area contributed by atoms with Gasteiger partial charge in [-0.15, -0.1) is 0 Å². The fraction of sp³-hybridized carbons (Fsp3) is 0.880. The third-order valence-electron chi connectivity index (χ3n) is 6.87. The lowest BCUT2D eigenvalue weighted by Crippen LogP contribution is -2.48. The van der Waals surface area contributed by atoms with Crippen LogP contribution in [-0.2, 0) is 19.1 Å². The Bertz CT molecular complexity index is 613. The maximum atomic E-state index is 13.2. The monoisotopic (exact) mass is 439 g/mol. The smallest absolute Gasteiger partial charge is 0.305 e. The average Bonchev–Trinajstić information content (AvgIpc) is 2.83. The molecule has 1 saturated heterocycles. The van der Waals surface area contributed by atoms with Gasteiger partial charge >= 0.3 is 5.97 Å². The lowest BCUT2D eigenvalue weighted by Gasteiger charge is -2.35. The van der Waals surface area contributed by atoms with Gasteiger partial charge < -0.3 is 14.7 Å². The summed E-state index contributed by atoms with van der Waals surface area (Å²) in [4.78, 5) is 39.2. The van der Waals surface area contributed by atoms with E-state index in [4.69, 9.17) is 0 Å². The molecule has 0 spiro atoms. The molecule has 6 heteroatoms. The minimum absolute atomic E-state index is 0.00531. The number of ketones is 1. The largest absolute Gasteiger partial charge is 0.469 e. The number of ether oxygens (including phenoxy) is 1. The summed E-state index contributed by atoms with van der Waals surface area (Å²) in [6.45, 7) is 9.87. The van der Waals surface area contributed by atoms with Gasteiger partial charge in [0.25, 0.3) is 0 Å². The van der Waals surface area contributed by atoms with Crippen LogP contribution in [0.2, 0.25) is 0 Å². The van der Waals surface area contributed by atoms with E-state index < -0.39 is 16.6 Å². The van der Waals surface area contributed by atoms with Crippen LogP contribution < -0.4 is 0 Å². The van der Waals surface area contributed by atoms with Gasteiger partial charge in [0, 0.05) is 13.0 Å². The third kappa shape index (κ3) is 7.58. The molecule has 0 radical (unpaired) electrons. The third-order valence-corrected chi connectivity index (χ3v) is 6.87. The van der Waals surface area contributed by atoms with Crippen LogP contribution in [0.5, 0.6) is 0 Å². The molecule has 2 atom stereocenters. The van der Waals surface area contributed by atoms with E-state index in [2.05, 4.69) is 11.7 Å². The molecule has 2 unspecified atom stereocenters. The molecule has 1 N–H and O–H groups in total. The molecule has 1 amide bonds. The fourth-order valence-corrected chi connectivity index (χ4v) is 4.74. The summed E-state index contributed by atoms with van der Waals surface area (Å²) in [7, 11) is 1.40. The van der Waals surface area contributed by atoms with Gasteiger partial charge in [-0.25, -0.2) is 0 Å². The number of carbonyl (C=O) groups is 3. The number of aliphatic hydroxyl groups is 1. The number of amides is 1. The van der Waals surface area contributed by atoms with E-state index >= 15 is 0 Å². The van der Waals surface area contributed by atoms with Gasteiger partial charge in [-0.3, -0.25) is 14.4 Å². The maximum Gasteiger partial charge on any atom is 0.305 e. The van der Waals surface area contributed by atoms with E-state index in [0.717, 1.165) is 51.4 Å². The first kappa shape index (κ1) is 27.6. The van der Waals surface area contributed by atoms with Crippen molar-refractivity contribution < 1.29 is 24.2 Å². The van der Waals surface area contributed by atoms with Crippen molar-refractivity contribution in [2.75, 3.05) is 13.7 Å². The van der Waals surface area contributed by atoms with Crippen LogP contribution in [0.15, 0.2) is 0 Å². The molecule has 0 aromatic rings. The molecular formula is C25H45NO5. The summed E-state index contributed by atoms with van der Waals surface area (Å²) in [5, 5.41) is 10.6. The number of carbonyl (C=O) groups excluding carboxylic acids is 3. The lowest BCUT2D eigenvalue weighted by molar-refractivity contribution is -0.141. The molecule has 1 rings (SSSR count). The van der Waals surface area contributed by atoms with Gasteiger partial charge in [0.05, 0.1) is 18.2 Å². The quantitative estimate of drug-likeness (QED) is 0.225. The second-order valence-corrected chi connectivity index (χ2v) is 10.2. The van der Waals surface area contributed by atoms with Crippen molar-refractivity contribution in [3.63, 3.8) is 0 Å². The van der Waals surface area contributed by atoms with Crippen LogP contribution in [0, 0.1) is 5.41 Å². The highest BCUT2D eigenvalue weighted by Gasteiger charge is 2.59. The number of unbranched alkanes of at least 4 members (excludes halogenated alkanes) is 5. The van der Waals surface area contributed by atoms with Crippen molar-refractivity contribution in [1.82, 2.24) is 4.90 Å². The normalized spacial score (nSPS) is 22.6. The van der Waals surface area contributed by atoms with Crippen molar-refractivity contribution in [3.8, 4) is 0 Å². The van der Waals surface area contributed by atoms with Crippen LogP contribution >= 0.6 is 0 Å². The SMILES string of the molecule is CCCCCC(C)(O)CCCN1C(=O)C(C)(C)C(=O)C1(C)CCCCCCC(=O)OC. The number of likely N-dealkylation sites (tertiary alicyclic amines) is 1. The summed E-state index contributed by atoms with van der Waals surface area (Å²) in [6, 6.07) is 0. The molecule has 180 valence electrons.